The Hall–Kier alpha value is -0.270. The van der Waals surface area contributed by atoms with Gasteiger partial charge in [-0.3, -0.25) is 4.57 Å². The van der Waals surface area contributed by atoms with Gasteiger partial charge in [-0.15, -0.1) is 0 Å². The molecule has 0 heterocycles. The third-order valence-corrected chi connectivity index (χ3v) is 6.51. The number of aliphatic hydroxyl groups is 1. The molecule has 8 heteroatoms. The Morgan fingerprint density at radius 1 is 0.794 bits per heavy atom. The first-order chi connectivity index (χ1) is 16.2. The molecule has 2 atom stereocenters. The van der Waals surface area contributed by atoms with Gasteiger partial charge in [0.1, 0.15) is 19.3 Å². The van der Waals surface area contributed by atoms with Crippen LogP contribution in [0, 0.1) is 0 Å². The topological polar surface area (TPSA) is 88.0 Å². The number of nitrogens with zero attached hydrogens (tertiary/aromatic N) is 1. The van der Waals surface area contributed by atoms with Crippen molar-refractivity contribution in [3.8, 4) is 0 Å². The van der Waals surface area contributed by atoms with Crippen molar-refractivity contribution >= 4 is 7.82 Å². The predicted molar refractivity (Wildman–Crippen MR) is 139 cm³/mol. The Labute approximate surface area is 210 Å². The highest BCUT2D eigenvalue weighted by Gasteiger charge is 2.15. The van der Waals surface area contributed by atoms with Gasteiger partial charge in [-0.25, -0.2) is 0 Å². The second-order valence-electron chi connectivity index (χ2n) is 10.3. The van der Waals surface area contributed by atoms with Crippen LogP contribution in [0.15, 0.2) is 12.2 Å². The number of unbranched alkanes of at least 4 members (excludes halogenated alkanes) is 12. The molecule has 0 bridgehead atoms. The average molecular weight is 508 g/mol. The third-order valence-electron chi connectivity index (χ3n) is 5.55. The number of hydrogen-bond donors (Lipinski definition) is 1. The fourth-order valence-corrected chi connectivity index (χ4v) is 4.11. The van der Waals surface area contributed by atoms with Crippen LogP contribution in [-0.2, 0) is 18.3 Å². The first-order valence-electron chi connectivity index (χ1n) is 13.5. The molecule has 0 saturated carbocycles. The van der Waals surface area contributed by atoms with Gasteiger partial charge >= 0.3 is 0 Å². The number of phosphoric acid groups is 1. The number of likely N-dealkylation sites (N-methyl/N-ethyl adjacent to an activating group) is 1. The van der Waals surface area contributed by atoms with Gasteiger partial charge in [0.2, 0.25) is 0 Å². The zero-order valence-corrected chi connectivity index (χ0v) is 23.4. The number of allylic oxidation sites excluding steroid dienone is 2. The number of quaternary nitrogens is 1. The molecule has 0 spiro atoms. The van der Waals surface area contributed by atoms with Crippen LogP contribution in [0.25, 0.3) is 0 Å². The summed E-state index contributed by atoms with van der Waals surface area (Å²) in [6.45, 7) is 3.06. The van der Waals surface area contributed by atoms with Crippen LogP contribution in [-0.4, -0.2) is 69.8 Å². The van der Waals surface area contributed by atoms with Crippen LogP contribution in [0.3, 0.4) is 0 Å². The summed E-state index contributed by atoms with van der Waals surface area (Å²) in [6.07, 6.45) is 21.5. The van der Waals surface area contributed by atoms with E-state index < -0.39 is 13.9 Å². The monoisotopic (exact) mass is 507 g/mol. The van der Waals surface area contributed by atoms with Gasteiger partial charge in [0, 0.05) is 6.61 Å². The second kappa shape index (κ2) is 22.0. The molecule has 0 aliphatic carbocycles. The van der Waals surface area contributed by atoms with Crippen molar-refractivity contribution in [2.24, 2.45) is 0 Å². The Morgan fingerprint density at radius 3 is 1.88 bits per heavy atom. The lowest BCUT2D eigenvalue weighted by atomic mass is 10.1. The van der Waals surface area contributed by atoms with E-state index in [4.69, 9.17) is 13.8 Å². The standard InChI is InChI=1S/C26H54NO6P/c1-5-6-7-8-9-10-11-12-13-14-15-16-17-18-19-20-22-31-24-26(28)25-33-34(29,30)32-23-21-27(2,3)4/h17-18,26,28H,5-16,19-25H2,1-4H3/t26-/m1/s1. The van der Waals surface area contributed by atoms with Crippen LogP contribution in [0.2, 0.25) is 0 Å². The number of rotatable bonds is 25. The lowest BCUT2D eigenvalue weighted by Gasteiger charge is -2.27. The molecule has 0 aromatic heterocycles. The smallest absolute Gasteiger partial charge is 0.268 e. The summed E-state index contributed by atoms with van der Waals surface area (Å²) in [5, 5.41) is 9.82. The van der Waals surface area contributed by atoms with Gasteiger partial charge in [0.15, 0.2) is 0 Å². The summed E-state index contributed by atoms with van der Waals surface area (Å²) in [5.41, 5.74) is 0. The SMILES string of the molecule is CCCCCCCCCCCCCC=CCCCOC[C@@H](O)COP(=O)([O-])OCC[N+](C)(C)C. The van der Waals surface area contributed by atoms with Crippen molar-refractivity contribution in [3.63, 3.8) is 0 Å². The van der Waals surface area contributed by atoms with Crippen LogP contribution in [0.5, 0.6) is 0 Å². The molecule has 1 N–H and O–H groups in total. The minimum Gasteiger partial charge on any atom is -0.756 e. The van der Waals surface area contributed by atoms with E-state index in [9.17, 15) is 14.6 Å². The number of phosphoric ester groups is 1. The minimum absolute atomic E-state index is 0.0430. The largest absolute Gasteiger partial charge is 0.756 e. The lowest BCUT2D eigenvalue weighted by Crippen LogP contribution is -2.37. The summed E-state index contributed by atoms with van der Waals surface area (Å²) in [5.74, 6) is 0. The van der Waals surface area contributed by atoms with E-state index >= 15 is 0 Å². The van der Waals surface area contributed by atoms with Crippen LogP contribution < -0.4 is 4.89 Å². The Morgan fingerprint density at radius 2 is 1.32 bits per heavy atom. The van der Waals surface area contributed by atoms with Gasteiger partial charge in [-0.05, 0) is 25.7 Å². The number of ether oxygens (including phenoxy) is 1. The molecule has 0 saturated heterocycles. The highest BCUT2D eigenvalue weighted by atomic mass is 31.2. The maximum atomic E-state index is 11.7. The van der Waals surface area contributed by atoms with Gasteiger partial charge in [0.25, 0.3) is 7.82 Å². The van der Waals surface area contributed by atoms with Crippen LogP contribution in [0.4, 0.5) is 0 Å². The van der Waals surface area contributed by atoms with Crippen molar-refractivity contribution in [3.05, 3.63) is 12.2 Å². The molecule has 34 heavy (non-hydrogen) atoms. The molecular weight excluding hydrogens is 453 g/mol. The summed E-state index contributed by atoms with van der Waals surface area (Å²) < 4.78 is 27.2. The van der Waals surface area contributed by atoms with E-state index in [-0.39, 0.29) is 19.8 Å². The van der Waals surface area contributed by atoms with Crippen molar-refractivity contribution in [1.29, 1.82) is 0 Å². The van der Waals surface area contributed by atoms with E-state index in [0.29, 0.717) is 17.6 Å². The normalized spacial score (nSPS) is 15.1. The van der Waals surface area contributed by atoms with E-state index in [1.54, 1.807) is 0 Å². The van der Waals surface area contributed by atoms with Crippen molar-refractivity contribution in [2.45, 2.75) is 103 Å². The van der Waals surface area contributed by atoms with E-state index in [2.05, 4.69) is 19.1 Å². The van der Waals surface area contributed by atoms with Gasteiger partial charge in [0.05, 0.1) is 34.4 Å². The van der Waals surface area contributed by atoms with Crippen LogP contribution in [0.1, 0.15) is 96.8 Å². The lowest BCUT2D eigenvalue weighted by molar-refractivity contribution is -0.870. The van der Waals surface area contributed by atoms with E-state index in [1.165, 1.54) is 70.6 Å². The summed E-state index contributed by atoms with van der Waals surface area (Å²) in [6, 6.07) is 0. The summed E-state index contributed by atoms with van der Waals surface area (Å²) in [7, 11) is 1.43. The molecule has 0 amide bonds. The molecule has 7 nitrogen and oxygen atoms in total. The quantitative estimate of drug-likeness (QED) is 0.0748. The molecule has 0 rings (SSSR count). The number of aliphatic hydroxyl groups excluding tert-OH is 1. The second-order valence-corrected chi connectivity index (χ2v) is 11.7. The summed E-state index contributed by atoms with van der Waals surface area (Å²) >= 11 is 0. The Kier molecular flexibility index (Phi) is 21.8. The zero-order valence-electron chi connectivity index (χ0n) is 22.5. The molecule has 0 aromatic rings. The fourth-order valence-electron chi connectivity index (χ4n) is 3.37. The molecule has 0 aliphatic heterocycles. The maximum absolute atomic E-state index is 11.7. The Balaban J connectivity index is 3.45. The molecule has 0 radical (unpaired) electrons. The van der Waals surface area contributed by atoms with Crippen LogP contribution >= 0.6 is 7.82 Å². The van der Waals surface area contributed by atoms with E-state index in [1.807, 2.05) is 21.1 Å². The van der Waals surface area contributed by atoms with E-state index in [0.717, 1.165) is 19.3 Å². The van der Waals surface area contributed by atoms with Crippen molar-refractivity contribution in [1.82, 2.24) is 0 Å². The molecule has 204 valence electrons. The first-order valence-corrected chi connectivity index (χ1v) is 14.9. The maximum Gasteiger partial charge on any atom is 0.268 e. The minimum atomic E-state index is -4.40. The van der Waals surface area contributed by atoms with Gasteiger partial charge in [-0.1, -0.05) is 83.3 Å². The van der Waals surface area contributed by atoms with Gasteiger partial charge < -0.3 is 28.3 Å². The first kappa shape index (κ1) is 33.7. The molecule has 1 unspecified atom stereocenters. The highest BCUT2D eigenvalue weighted by molar-refractivity contribution is 7.45. The predicted octanol–water partition coefficient (Wildman–Crippen LogP) is 5.61. The number of hydrogen-bond acceptors (Lipinski definition) is 6. The molecule has 0 fully saturated rings. The molecule has 0 aliphatic rings. The molecule has 0 aromatic carbocycles. The highest BCUT2D eigenvalue weighted by Crippen LogP contribution is 2.38. The zero-order chi connectivity index (χ0) is 25.5. The van der Waals surface area contributed by atoms with Crippen molar-refractivity contribution < 1.29 is 32.8 Å². The summed E-state index contributed by atoms with van der Waals surface area (Å²) in [4.78, 5) is 11.7. The van der Waals surface area contributed by atoms with Crippen molar-refractivity contribution in [2.75, 3.05) is 54.1 Å². The molecular formula is C26H54NO6P. The average Bonchev–Trinajstić information content (AvgIpc) is 2.76. The fraction of sp³-hybridized carbons (Fsp3) is 0.923. The third kappa shape index (κ3) is 26.3. The van der Waals surface area contributed by atoms with Gasteiger partial charge in [-0.2, -0.15) is 0 Å². The Bertz CT molecular complexity index is 524.